The molecule has 6 heteroatoms. The van der Waals surface area contributed by atoms with Crippen LogP contribution in [0.4, 0.5) is 0 Å². The molecule has 1 fully saturated rings. The zero-order chi connectivity index (χ0) is 18.5. The van der Waals surface area contributed by atoms with Crippen molar-refractivity contribution in [3.8, 4) is 0 Å². The minimum atomic E-state index is -0.527. The van der Waals surface area contributed by atoms with Gasteiger partial charge in [0.15, 0.2) is 0 Å². The van der Waals surface area contributed by atoms with Crippen molar-refractivity contribution < 1.29 is 10.0 Å². The fourth-order valence-electron chi connectivity index (χ4n) is 3.71. The van der Waals surface area contributed by atoms with Crippen LogP contribution >= 0.6 is 0 Å². The number of aryl methyl sites for hydroxylation is 2. The van der Waals surface area contributed by atoms with Crippen LogP contribution in [0.3, 0.4) is 0 Å². The summed E-state index contributed by atoms with van der Waals surface area (Å²) in [6.45, 7) is 6.30. The average Bonchev–Trinajstić information content (AvgIpc) is 3.25. The number of nitrogens with one attached hydrogen (secondary N) is 2. The number of carbonyl (C=O) groups excluding carboxylic acids is 1. The smallest absolute Gasteiger partial charge is 0.267 e. The van der Waals surface area contributed by atoms with Crippen LogP contribution in [-0.4, -0.2) is 39.3 Å². The Balaban J connectivity index is 1.64. The summed E-state index contributed by atoms with van der Waals surface area (Å²) in [5.41, 5.74) is 7.44. The topological polar surface area (TPSA) is 81.2 Å². The first kappa shape index (κ1) is 18.4. The second-order valence-corrected chi connectivity index (χ2v) is 6.83. The molecule has 0 spiro atoms. The minimum Gasteiger partial charge on any atom is -0.296 e. The molecule has 0 radical (unpaired) electrons. The highest BCUT2D eigenvalue weighted by Crippen LogP contribution is 2.32. The summed E-state index contributed by atoms with van der Waals surface area (Å²) < 4.78 is 0. The van der Waals surface area contributed by atoms with Gasteiger partial charge in [-0.3, -0.25) is 20.0 Å². The number of amides is 1. The number of hydroxylamine groups is 1. The van der Waals surface area contributed by atoms with E-state index in [1.807, 2.05) is 12.1 Å². The molecule has 26 heavy (non-hydrogen) atoms. The van der Waals surface area contributed by atoms with Gasteiger partial charge in [0, 0.05) is 24.4 Å². The molecular weight excluding hydrogens is 328 g/mol. The number of aromatic nitrogens is 2. The van der Waals surface area contributed by atoms with Crippen LogP contribution in [0, 0.1) is 13.8 Å². The lowest BCUT2D eigenvalue weighted by atomic mass is 10.0. The van der Waals surface area contributed by atoms with Gasteiger partial charge in [-0.1, -0.05) is 24.3 Å². The van der Waals surface area contributed by atoms with Crippen LogP contribution in [0.2, 0.25) is 0 Å². The number of aromatic amines is 1. The Labute approximate surface area is 153 Å². The van der Waals surface area contributed by atoms with Gasteiger partial charge in [-0.15, -0.1) is 0 Å². The van der Waals surface area contributed by atoms with E-state index in [1.165, 1.54) is 35.7 Å². The van der Waals surface area contributed by atoms with Gasteiger partial charge in [0.2, 0.25) is 0 Å². The second kappa shape index (κ2) is 8.29. The van der Waals surface area contributed by atoms with E-state index in [2.05, 4.69) is 41.1 Å². The Morgan fingerprint density at radius 1 is 1.38 bits per heavy atom. The van der Waals surface area contributed by atoms with Crippen LogP contribution in [0.15, 0.2) is 30.3 Å². The molecule has 1 amide bonds. The molecule has 2 aromatic rings. The summed E-state index contributed by atoms with van der Waals surface area (Å²) in [6, 6.07) is 8.73. The first-order valence-electron chi connectivity index (χ1n) is 9.05. The van der Waals surface area contributed by atoms with Crippen molar-refractivity contribution in [3.05, 3.63) is 58.4 Å². The summed E-state index contributed by atoms with van der Waals surface area (Å²) in [5.74, 6) is -0.527. The predicted octanol–water partition coefficient (Wildman–Crippen LogP) is 2.92. The molecule has 3 N–H and O–H groups in total. The molecule has 1 atom stereocenters. The van der Waals surface area contributed by atoms with Gasteiger partial charge in [-0.25, -0.2) is 5.48 Å². The Kier molecular flexibility index (Phi) is 5.85. The number of rotatable bonds is 6. The molecule has 0 saturated carbocycles. The number of H-pyrrole nitrogens is 1. The largest absolute Gasteiger partial charge is 0.296 e. The van der Waals surface area contributed by atoms with Gasteiger partial charge in [-0.2, -0.15) is 5.10 Å². The van der Waals surface area contributed by atoms with Crippen LogP contribution in [-0.2, 0) is 11.2 Å². The van der Waals surface area contributed by atoms with E-state index in [-0.39, 0.29) is 0 Å². The Morgan fingerprint density at radius 3 is 2.81 bits per heavy atom. The molecule has 138 valence electrons. The van der Waals surface area contributed by atoms with Crippen molar-refractivity contribution in [2.24, 2.45) is 0 Å². The SMILES string of the molecule is Cc1n[nH]c(C)c1CCN1CCC[C@@H]1c1ccc(C=CC(=O)NO)cc1. The lowest BCUT2D eigenvalue weighted by Gasteiger charge is -2.25. The van der Waals surface area contributed by atoms with E-state index in [0.29, 0.717) is 6.04 Å². The molecule has 1 aliphatic rings. The van der Waals surface area contributed by atoms with Gasteiger partial charge in [-0.05, 0) is 62.4 Å². The third-order valence-electron chi connectivity index (χ3n) is 5.15. The molecular formula is C20H26N4O2. The highest BCUT2D eigenvalue weighted by molar-refractivity contribution is 5.90. The van der Waals surface area contributed by atoms with Gasteiger partial charge >= 0.3 is 0 Å². The molecule has 0 aliphatic carbocycles. The molecule has 1 aliphatic heterocycles. The minimum absolute atomic E-state index is 0.446. The van der Waals surface area contributed by atoms with Crippen LogP contribution < -0.4 is 5.48 Å². The van der Waals surface area contributed by atoms with Crippen LogP contribution in [0.25, 0.3) is 6.08 Å². The first-order valence-corrected chi connectivity index (χ1v) is 9.05. The summed E-state index contributed by atoms with van der Waals surface area (Å²) in [6.07, 6.45) is 6.40. The van der Waals surface area contributed by atoms with Crippen molar-refractivity contribution in [3.63, 3.8) is 0 Å². The fraction of sp³-hybridized carbons (Fsp3) is 0.400. The van der Waals surface area contributed by atoms with Crippen molar-refractivity contribution >= 4 is 12.0 Å². The Morgan fingerprint density at radius 2 is 2.15 bits per heavy atom. The molecule has 6 nitrogen and oxygen atoms in total. The van der Waals surface area contributed by atoms with Crippen LogP contribution in [0.1, 0.15) is 47.0 Å². The lowest BCUT2D eigenvalue weighted by molar-refractivity contribution is -0.124. The monoisotopic (exact) mass is 354 g/mol. The normalized spacial score (nSPS) is 17.9. The van der Waals surface area contributed by atoms with Gasteiger partial charge in [0.25, 0.3) is 5.91 Å². The van der Waals surface area contributed by atoms with E-state index < -0.39 is 5.91 Å². The van der Waals surface area contributed by atoms with E-state index in [1.54, 1.807) is 11.6 Å². The summed E-state index contributed by atoms with van der Waals surface area (Å²) in [4.78, 5) is 13.6. The third-order valence-corrected chi connectivity index (χ3v) is 5.15. The number of hydrogen-bond donors (Lipinski definition) is 3. The Hall–Kier alpha value is -2.44. The molecule has 1 aromatic carbocycles. The first-order chi connectivity index (χ1) is 12.6. The maximum absolute atomic E-state index is 11.1. The third kappa shape index (κ3) is 4.20. The van der Waals surface area contributed by atoms with Gasteiger partial charge < -0.3 is 0 Å². The predicted molar refractivity (Wildman–Crippen MR) is 101 cm³/mol. The number of carbonyl (C=O) groups is 1. The van der Waals surface area contributed by atoms with E-state index in [9.17, 15) is 4.79 Å². The number of hydrogen-bond acceptors (Lipinski definition) is 4. The van der Waals surface area contributed by atoms with Gasteiger partial charge in [0.05, 0.1) is 5.69 Å². The van der Waals surface area contributed by atoms with Gasteiger partial charge in [0.1, 0.15) is 0 Å². The van der Waals surface area contributed by atoms with E-state index in [4.69, 9.17) is 5.21 Å². The average molecular weight is 354 g/mol. The summed E-state index contributed by atoms with van der Waals surface area (Å²) in [5, 5.41) is 15.9. The second-order valence-electron chi connectivity index (χ2n) is 6.83. The highest BCUT2D eigenvalue weighted by Gasteiger charge is 2.25. The van der Waals surface area contributed by atoms with Crippen molar-refractivity contribution in [2.75, 3.05) is 13.1 Å². The molecule has 2 heterocycles. The quantitative estimate of drug-likeness (QED) is 0.423. The zero-order valence-corrected chi connectivity index (χ0v) is 15.3. The zero-order valence-electron chi connectivity index (χ0n) is 15.3. The maximum Gasteiger partial charge on any atom is 0.267 e. The lowest BCUT2D eigenvalue weighted by Crippen LogP contribution is -2.26. The fourth-order valence-corrected chi connectivity index (χ4v) is 3.71. The molecule has 1 aromatic heterocycles. The van der Waals surface area contributed by atoms with Crippen molar-refractivity contribution in [1.82, 2.24) is 20.6 Å². The molecule has 0 unspecified atom stereocenters. The summed E-state index contributed by atoms with van der Waals surface area (Å²) in [7, 11) is 0. The van der Waals surface area contributed by atoms with E-state index >= 15 is 0 Å². The van der Waals surface area contributed by atoms with Crippen molar-refractivity contribution in [1.29, 1.82) is 0 Å². The standard InChI is InChI=1S/C20H26N4O2/c1-14-18(15(2)22-21-14)11-13-24-12-3-4-19(24)17-8-5-16(6-9-17)7-10-20(25)23-26/h5-10,19,26H,3-4,11-13H2,1-2H3,(H,21,22)(H,23,25)/t19-/m1/s1. The number of likely N-dealkylation sites (tertiary alicyclic amines) is 1. The molecule has 3 rings (SSSR count). The molecule has 0 bridgehead atoms. The molecule has 1 saturated heterocycles. The highest BCUT2D eigenvalue weighted by atomic mass is 16.5. The van der Waals surface area contributed by atoms with Crippen LogP contribution in [0.5, 0.6) is 0 Å². The summed E-state index contributed by atoms with van der Waals surface area (Å²) >= 11 is 0. The van der Waals surface area contributed by atoms with E-state index in [0.717, 1.165) is 30.8 Å². The maximum atomic E-state index is 11.1. The number of nitrogens with zero attached hydrogens (tertiary/aromatic N) is 2. The van der Waals surface area contributed by atoms with Crippen molar-refractivity contribution in [2.45, 2.75) is 39.2 Å². The number of benzene rings is 1. The Bertz CT molecular complexity index is 760.